The first kappa shape index (κ1) is 26.3. The molecule has 8 nitrogen and oxygen atoms in total. The van der Waals surface area contributed by atoms with Crippen LogP contribution in [0.2, 0.25) is 15.1 Å². The van der Waals surface area contributed by atoms with E-state index in [1.807, 2.05) is 0 Å². The highest BCUT2D eigenvalue weighted by atomic mass is 35.5. The van der Waals surface area contributed by atoms with Gasteiger partial charge in [-0.25, -0.2) is 9.80 Å². The molecule has 1 heterocycles. The van der Waals surface area contributed by atoms with Gasteiger partial charge in [0.1, 0.15) is 12.3 Å². The van der Waals surface area contributed by atoms with E-state index >= 15 is 0 Å². The van der Waals surface area contributed by atoms with Crippen molar-refractivity contribution in [2.45, 2.75) is 12.8 Å². The maximum absolute atomic E-state index is 13.2. The summed E-state index contributed by atoms with van der Waals surface area (Å²) in [4.78, 5) is 63.3. The molecule has 0 unspecified atom stereocenters. The van der Waals surface area contributed by atoms with Crippen LogP contribution < -0.4 is 4.74 Å². The van der Waals surface area contributed by atoms with Crippen molar-refractivity contribution in [3.05, 3.63) is 98.5 Å². The predicted molar refractivity (Wildman–Crippen MR) is 136 cm³/mol. The van der Waals surface area contributed by atoms with Gasteiger partial charge in [-0.1, -0.05) is 34.8 Å². The number of rotatable bonds is 7. The highest BCUT2D eigenvalue weighted by Gasteiger charge is 2.38. The van der Waals surface area contributed by atoms with Crippen LogP contribution in [0.1, 0.15) is 43.9 Å². The zero-order valence-corrected chi connectivity index (χ0v) is 21.2. The van der Waals surface area contributed by atoms with Crippen LogP contribution in [0.3, 0.4) is 0 Å². The Morgan fingerprint density at radius 3 is 1.95 bits per heavy atom. The second-order valence-electron chi connectivity index (χ2n) is 7.93. The molecule has 3 amide bonds. The number of ketones is 1. The minimum Gasteiger partial charge on any atom is -0.423 e. The van der Waals surface area contributed by atoms with Gasteiger partial charge in [0.15, 0.2) is 5.78 Å². The second-order valence-corrected chi connectivity index (χ2v) is 9.21. The van der Waals surface area contributed by atoms with Crippen molar-refractivity contribution in [2.75, 3.05) is 6.54 Å². The van der Waals surface area contributed by atoms with Crippen LogP contribution >= 0.6 is 34.8 Å². The summed E-state index contributed by atoms with van der Waals surface area (Å²) in [6, 6.07) is 15.8. The summed E-state index contributed by atoms with van der Waals surface area (Å²) in [5.41, 5.74) is 0.424. The maximum Gasteiger partial charge on any atom is 0.345 e. The molecule has 1 saturated heterocycles. The Morgan fingerprint density at radius 2 is 1.35 bits per heavy atom. The van der Waals surface area contributed by atoms with E-state index in [0.29, 0.717) is 15.1 Å². The lowest BCUT2D eigenvalue weighted by molar-refractivity contribution is -0.152. The smallest absolute Gasteiger partial charge is 0.345 e. The van der Waals surface area contributed by atoms with Crippen LogP contribution in [0.25, 0.3) is 0 Å². The number of nitrogens with zero attached hydrogens (tertiary/aromatic N) is 2. The molecule has 37 heavy (non-hydrogen) atoms. The number of esters is 1. The molecule has 0 saturated carbocycles. The third kappa shape index (κ3) is 5.99. The average Bonchev–Trinajstić information content (AvgIpc) is 3.20. The van der Waals surface area contributed by atoms with Gasteiger partial charge in [0.05, 0.1) is 10.6 Å². The summed E-state index contributed by atoms with van der Waals surface area (Å²) in [7, 11) is 0. The summed E-state index contributed by atoms with van der Waals surface area (Å²) in [6.07, 6.45) is -0.121. The summed E-state index contributed by atoms with van der Waals surface area (Å²) < 4.78 is 5.30. The first-order valence-corrected chi connectivity index (χ1v) is 12.0. The molecule has 3 aromatic carbocycles. The molecule has 188 valence electrons. The average molecular weight is 560 g/mol. The maximum atomic E-state index is 13.2. The zero-order valence-electron chi connectivity index (χ0n) is 18.9. The fourth-order valence-electron chi connectivity index (χ4n) is 3.56. The highest BCUT2D eigenvalue weighted by molar-refractivity contribution is 6.36. The zero-order chi connectivity index (χ0) is 26.7. The standard InChI is InChI=1S/C26H17Cl3N2O6/c27-17-5-1-16(2-6-17)25(35)30(31-23(33)11-12-24(31)34)14-22(32)15-3-8-19(9-4-15)37-26(36)20-10-7-18(28)13-21(20)29/h1-10,13H,11-12,14H2. The van der Waals surface area contributed by atoms with E-state index in [2.05, 4.69) is 0 Å². The number of Topliss-reactive ketones (excluding diaryl/α,β-unsaturated/α-hetero) is 1. The topological polar surface area (TPSA) is 101 Å². The Bertz CT molecular complexity index is 1390. The third-order valence-corrected chi connectivity index (χ3v) is 6.22. The minimum absolute atomic E-state index is 0.0604. The van der Waals surface area contributed by atoms with Crippen molar-refractivity contribution in [1.82, 2.24) is 10.0 Å². The molecule has 4 rings (SSSR count). The molecule has 0 aliphatic carbocycles. The van der Waals surface area contributed by atoms with Crippen molar-refractivity contribution in [2.24, 2.45) is 0 Å². The molecule has 3 aromatic rings. The van der Waals surface area contributed by atoms with Crippen molar-refractivity contribution in [1.29, 1.82) is 0 Å². The van der Waals surface area contributed by atoms with Gasteiger partial charge in [0.2, 0.25) is 11.8 Å². The molecule has 0 spiro atoms. The number of imide groups is 1. The molecule has 0 N–H and O–H groups in total. The molecule has 1 fully saturated rings. The molecule has 0 aromatic heterocycles. The molecule has 0 atom stereocenters. The predicted octanol–water partition coefficient (Wildman–Crippen LogP) is 5.26. The minimum atomic E-state index is -0.716. The van der Waals surface area contributed by atoms with Crippen LogP contribution in [-0.2, 0) is 9.59 Å². The van der Waals surface area contributed by atoms with Crippen molar-refractivity contribution < 1.29 is 28.7 Å². The first-order valence-electron chi connectivity index (χ1n) is 10.9. The van der Waals surface area contributed by atoms with Gasteiger partial charge < -0.3 is 4.74 Å². The number of hydrazine groups is 1. The Labute approximate surface area is 226 Å². The summed E-state index contributed by atoms with van der Waals surface area (Å²) in [5.74, 6) is -2.99. The van der Waals surface area contributed by atoms with E-state index in [1.165, 1.54) is 66.7 Å². The van der Waals surface area contributed by atoms with Crippen LogP contribution in [0, 0.1) is 0 Å². The molecular weight excluding hydrogens is 543 g/mol. The fraction of sp³-hybridized carbons (Fsp3) is 0.115. The number of carbonyl (C=O) groups excluding carboxylic acids is 5. The molecule has 0 radical (unpaired) electrons. The Kier molecular flexibility index (Phi) is 7.92. The number of hydrogen-bond acceptors (Lipinski definition) is 6. The first-order chi connectivity index (χ1) is 17.6. The highest BCUT2D eigenvalue weighted by Crippen LogP contribution is 2.24. The van der Waals surface area contributed by atoms with Crippen molar-refractivity contribution in [3.63, 3.8) is 0 Å². The van der Waals surface area contributed by atoms with Crippen molar-refractivity contribution >= 4 is 64.3 Å². The van der Waals surface area contributed by atoms with E-state index in [0.717, 1.165) is 5.01 Å². The summed E-state index contributed by atoms with van der Waals surface area (Å²) >= 11 is 17.8. The third-order valence-electron chi connectivity index (χ3n) is 5.42. The lowest BCUT2D eigenvalue weighted by atomic mass is 10.1. The quantitative estimate of drug-likeness (QED) is 0.170. The Morgan fingerprint density at radius 1 is 0.784 bits per heavy atom. The van der Waals surface area contributed by atoms with E-state index < -0.39 is 36.0 Å². The Balaban J connectivity index is 1.51. The fourth-order valence-corrected chi connectivity index (χ4v) is 4.17. The van der Waals surface area contributed by atoms with E-state index in [9.17, 15) is 24.0 Å². The molecular formula is C26H17Cl3N2O6. The number of benzene rings is 3. The number of ether oxygens (including phenoxy) is 1. The van der Waals surface area contributed by atoms with Crippen LogP contribution in [0.5, 0.6) is 5.75 Å². The van der Waals surface area contributed by atoms with E-state index in [-0.39, 0.29) is 40.3 Å². The van der Waals surface area contributed by atoms with Crippen LogP contribution in [0.15, 0.2) is 66.7 Å². The Hall–Kier alpha value is -3.72. The van der Waals surface area contributed by atoms with Crippen LogP contribution in [0.4, 0.5) is 0 Å². The van der Waals surface area contributed by atoms with Gasteiger partial charge in [0.25, 0.3) is 5.91 Å². The number of hydrogen-bond donors (Lipinski definition) is 0. The van der Waals surface area contributed by atoms with Crippen LogP contribution in [-0.4, -0.2) is 46.0 Å². The number of amides is 3. The lowest BCUT2D eigenvalue weighted by Crippen LogP contribution is -2.51. The van der Waals surface area contributed by atoms with Gasteiger partial charge in [-0.05, 0) is 66.7 Å². The second kappa shape index (κ2) is 11.1. The summed E-state index contributed by atoms with van der Waals surface area (Å²) in [6.45, 7) is -0.571. The number of halogens is 3. The lowest BCUT2D eigenvalue weighted by Gasteiger charge is -2.29. The van der Waals surface area contributed by atoms with E-state index in [4.69, 9.17) is 39.5 Å². The molecule has 1 aliphatic heterocycles. The SMILES string of the molecule is O=C(CN(C(=O)c1ccc(Cl)cc1)N1C(=O)CCC1=O)c1ccc(OC(=O)c2ccc(Cl)cc2Cl)cc1. The van der Waals surface area contributed by atoms with E-state index in [1.54, 1.807) is 0 Å². The largest absolute Gasteiger partial charge is 0.423 e. The van der Waals surface area contributed by atoms with Gasteiger partial charge in [-0.3, -0.25) is 19.2 Å². The molecule has 0 bridgehead atoms. The van der Waals surface area contributed by atoms with Gasteiger partial charge in [0, 0.05) is 34.0 Å². The summed E-state index contributed by atoms with van der Waals surface area (Å²) in [5, 5.41) is 2.43. The normalized spacial score (nSPS) is 13.0. The monoisotopic (exact) mass is 558 g/mol. The van der Waals surface area contributed by atoms with Gasteiger partial charge in [-0.2, -0.15) is 5.01 Å². The van der Waals surface area contributed by atoms with Gasteiger partial charge >= 0.3 is 5.97 Å². The number of carbonyl (C=O) groups is 5. The molecule has 11 heteroatoms. The van der Waals surface area contributed by atoms with Gasteiger partial charge in [-0.15, -0.1) is 0 Å². The van der Waals surface area contributed by atoms with Crippen molar-refractivity contribution in [3.8, 4) is 5.75 Å². The molecule has 1 aliphatic rings.